The number of esters is 1. The summed E-state index contributed by atoms with van der Waals surface area (Å²) in [4.78, 5) is 32.5. The zero-order valence-electron chi connectivity index (χ0n) is 23.7. The minimum absolute atomic E-state index is 0.0241. The highest BCUT2D eigenvalue weighted by molar-refractivity contribution is 6.10. The van der Waals surface area contributed by atoms with Gasteiger partial charge in [0.1, 0.15) is 5.92 Å². The van der Waals surface area contributed by atoms with Crippen LogP contribution in [0, 0.1) is 26.7 Å². The molecule has 2 aromatic carbocycles. The zero-order valence-corrected chi connectivity index (χ0v) is 23.7. The molecule has 1 heterocycles. The molecule has 3 atom stereocenters. The number of rotatable bonds is 6. The Hall–Kier alpha value is -3.25. The third kappa shape index (κ3) is 5.75. The highest BCUT2D eigenvalue weighted by atomic mass is 16.5. The minimum Gasteiger partial charge on any atom is -0.465 e. The number of nitrogen functional groups attached to an aromatic ring is 1. The summed E-state index contributed by atoms with van der Waals surface area (Å²) in [6.07, 6.45) is 1.00. The van der Waals surface area contributed by atoms with E-state index in [-0.39, 0.29) is 24.9 Å². The Bertz CT molecular complexity index is 1290. The summed E-state index contributed by atoms with van der Waals surface area (Å²) in [6.45, 7) is 14.4. The molecule has 6 nitrogen and oxygen atoms in total. The van der Waals surface area contributed by atoms with Crippen molar-refractivity contribution in [3.8, 4) is 0 Å². The van der Waals surface area contributed by atoms with E-state index >= 15 is 0 Å². The Labute approximate surface area is 226 Å². The molecule has 0 amide bonds. The van der Waals surface area contributed by atoms with Gasteiger partial charge >= 0.3 is 5.97 Å². The third-order valence-corrected chi connectivity index (χ3v) is 7.37. The topological polar surface area (TPSA) is 91.0 Å². The molecule has 6 heteroatoms. The van der Waals surface area contributed by atoms with Crippen molar-refractivity contribution in [3.63, 3.8) is 0 Å². The normalized spacial score (nSPS) is 21.7. The molecule has 0 bridgehead atoms. The summed E-state index contributed by atoms with van der Waals surface area (Å²) in [5, 5.41) is 0. The van der Waals surface area contributed by atoms with Gasteiger partial charge < -0.3 is 15.2 Å². The van der Waals surface area contributed by atoms with E-state index < -0.39 is 23.4 Å². The van der Waals surface area contributed by atoms with E-state index in [1.54, 1.807) is 13.0 Å². The molecule has 1 aliphatic carbocycles. The number of aryl methyl sites for hydroxylation is 3. The summed E-state index contributed by atoms with van der Waals surface area (Å²) in [5.41, 5.74) is 13.9. The van der Waals surface area contributed by atoms with E-state index in [0.717, 1.165) is 11.3 Å². The van der Waals surface area contributed by atoms with E-state index in [1.165, 1.54) is 22.3 Å². The minimum atomic E-state index is -0.763. The Morgan fingerprint density at radius 1 is 1.08 bits per heavy atom. The third-order valence-electron chi connectivity index (χ3n) is 7.37. The maximum atomic E-state index is 14.0. The molecule has 2 N–H and O–H groups in total. The van der Waals surface area contributed by atoms with Crippen LogP contribution in [0.1, 0.15) is 80.2 Å². The van der Waals surface area contributed by atoms with Crippen LogP contribution in [0.15, 0.2) is 52.7 Å². The second-order valence-electron chi connectivity index (χ2n) is 11.6. The highest BCUT2D eigenvalue weighted by Crippen LogP contribution is 2.48. The number of hydrogen-bond acceptors (Lipinski definition) is 6. The van der Waals surface area contributed by atoms with Crippen molar-refractivity contribution >= 4 is 23.2 Å². The average Bonchev–Trinajstić information content (AvgIpc) is 2.80. The van der Waals surface area contributed by atoms with Crippen molar-refractivity contribution in [1.29, 1.82) is 0 Å². The first-order valence-electron chi connectivity index (χ1n) is 13.5. The predicted octanol–water partition coefficient (Wildman–Crippen LogP) is 6.13. The highest BCUT2D eigenvalue weighted by Gasteiger charge is 2.46. The number of aliphatic imine (C=N–C) groups is 1. The summed E-state index contributed by atoms with van der Waals surface area (Å²) >= 11 is 0. The lowest BCUT2D eigenvalue weighted by atomic mass is 9.68. The Morgan fingerprint density at radius 2 is 1.76 bits per heavy atom. The standard InChI is InChI=1S/C32H40N2O4/c1-8-37-31(36)30-25(17-38-32(5,6)7)34-24-15-22(27-19(3)12-18(2)13-20(27)4)16-26(35)29(24)28(30)21-10-9-11-23(33)14-21/h9-14,22,28,30H,8,15-17,33H2,1-7H3. The predicted molar refractivity (Wildman–Crippen MR) is 152 cm³/mol. The van der Waals surface area contributed by atoms with Crippen LogP contribution in [-0.4, -0.2) is 36.3 Å². The molecule has 2 aliphatic rings. The van der Waals surface area contributed by atoms with Crippen LogP contribution in [0.2, 0.25) is 0 Å². The molecule has 1 aliphatic heterocycles. The van der Waals surface area contributed by atoms with Gasteiger partial charge in [0.05, 0.1) is 24.5 Å². The number of nitrogens with two attached hydrogens (primary N) is 1. The second-order valence-corrected chi connectivity index (χ2v) is 11.6. The molecule has 2 aromatic rings. The molecule has 0 radical (unpaired) electrons. The van der Waals surface area contributed by atoms with Crippen LogP contribution in [0.3, 0.4) is 0 Å². The number of ether oxygens (including phenoxy) is 2. The van der Waals surface area contributed by atoms with Gasteiger partial charge in [-0.15, -0.1) is 0 Å². The molecule has 38 heavy (non-hydrogen) atoms. The first kappa shape index (κ1) is 27.8. The fraction of sp³-hybridized carbons (Fsp3) is 0.469. The smallest absolute Gasteiger partial charge is 0.315 e. The van der Waals surface area contributed by atoms with Gasteiger partial charge in [0.15, 0.2) is 5.78 Å². The molecular weight excluding hydrogens is 476 g/mol. The molecule has 0 saturated heterocycles. The van der Waals surface area contributed by atoms with Gasteiger partial charge in [0.25, 0.3) is 0 Å². The molecule has 0 fully saturated rings. The fourth-order valence-electron chi connectivity index (χ4n) is 6.04. The SMILES string of the molecule is CCOC(=O)C1C(COC(C)(C)C)=NC2=C(C(=O)CC(c3c(C)cc(C)cc3C)C2)C1c1cccc(N)c1. The maximum absolute atomic E-state index is 14.0. The molecule has 4 rings (SSSR count). The van der Waals surface area contributed by atoms with Crippen molar-refractivity contribution in [3.05, 3.63) is 75.5 Å². The summed E-state index contributed by atoms with van der Waals surface area (Å²) in [5.74, 6) is -1.64. The lowest BCUT2D eigenvalue weighted by Crippen LogP contribution is -2.41. The molecule has 0 saturated carbocycles. The van der Waals surface area contributed by atoms with Gasteiger partial charge in [0, 0.05) is 29.3 Å². The number of carbonyl (C=O) groups excluding carboxylic acids is 2. The van der Waals surface area contributed by atoms with E-state index in [4.69, 9.17) is 20.2 Å². The monoisotopic (exact) mass is 516 g/mol. The Morgan fingerprint density at radius 3 is 2.37 bits per heavy atom. The van der Waals surface area contributed by atoms with Gasteiger partial charge in [-0.2, -0.15) is 0 Å². The van der Waals surface area contributed by atoms with Crippen molar-refractivity contribution < 1.29 is 19.1 Å². The van der Waals surface area contributed by atoms with Crippen molar-refractivity contribution in [2.24, 2.45) is 10.9 Å². The molecule has 0 aromatic heterocycles. The van der Waals surface area contributed by atoms with Crippen LogP contribution < -0.4 is 5.73 Å². The maximum Gasteiger partial charge on any atom is 0.315 e. The number of hydrogen-bond donors (Lipinski definition) is 1. The van der Waals surface area contributed by atoms with Crippen molar-refractivity contribution in [2.75, 3.05) is 18.9 Å². The quantitative estimate of drug-likeness (QED) is 0.369. The van der Waals surface area contributed by atoms with E-state index in [1.807, 2.05) is 39.0 Å². The summed E-state index contributed by atoms with van der Waals surface area (Å²) < 4.78 is 11.7. The van der Waals surface area contributed by atoms with Crippen LogP contribution in [0.25, 0.3) is 0 Å². The molecule has 3 unspecified atom stereocenters. The first-order chi connectivity index (χ1) is 17.9. The Balaban J connectivity index is 1.88. The van der Waals surface area contributed by atoms with E-state index in [2.05, 4.69) is 32.9 Å². The van der Waals surface area contributed by atoms with Gasteiger partial charge in [-0.25, -0.2) is 0 Å². The molecule has 0 spiro atoms. The summed E-state index contributed by atoms with van der Waals surface area (Å²) in [6, 6.07) is 11.8. The number of allylic oxidation sites excluding steroid dienone is 2. The Kier molecular flexibility index (Phi) is 7.93. The number of anilines is 1. The fourth-order valence-corrected chi connectivity index (χ4v) is 6.04. The lowest BCUT2D eigenvalue weighted by Gasteiger charge is -2.38. The number of carbonyl (C=O) groups is 2. The zero-order chi connectivity index (χ0) is 27.8. The number of nitrogens with zero attached hydrogens (tertiary/aromatic N) is 1. The number of benzene rings is 2. The van der Waals surface area contributed by atoms with Crippen LogP contribution >= 0.6 is 0 Å². The number of Topliss-reactive ketones (excluding diaryl/α,β-unsaturated/α-hetero) is 1. The number of ketones is 1. The summed E-state index contributed by atoms with van der Waals surface area (Å²) in [7, 11) is 0. The van der Waals surface area contributed by atoms with Gasteiger partial charge in [0.2, 0.25) is 0 Å². The lowest BCUT2D eigenvalue weighted by molar-refractivity contribution is -0.146. The van der Waals surface area contributed by atoms with Gasteiger partial charge in [-0.1, -0.05) is 29.8 Å². The average molecular weight is 517 g/mol. The van der Waals surface area contributed by atoms with E-state index in [0.29, 0.717) is 29.8 Å². The molecular formula is C32H40N2O4. The first-order valence-corrected chi connectivity index (χ1v) is 13.5. The van der Waals surface area contributed by atoms with Crippen molar-refractivity contribution in [1.82, 2.24) is 0 Å². The van der Waals surface area contributed by atoms with Crippen LogP contribution in [-0.2, 0) is 19.1 Å². The second kappa shape index (κ2) is 10.9. The largest absolute Gasteiger partial charge is 0.465 e. The van der Waals surface area contributed by atoms with Crippen molar-refractivity contribution in [2.45, 2.75) is 78.7 Å². The van der Waals surface area contributed by atoms with E-state index in [9.17, 15) is 9.59 Å². The van der Waals surface area contributed by atoms with Crippen LogP contribution in [0.4, 0.5) is 5.69 Å². The molecule has 202 valence electrons. The van der Waals surface area contributed by atoms with Gasteiger partial charge in [-0.3, -0.25) is 14.6 Å². The van der Waals surface area contributed by atoms with Gasteiger partial charge in [-0.05, 0) is 95.2 Å². The van der Waals surface area contributed by atoms with Crippen LogP contribution in [0.5, 0.6) is 0 Å².